The van der Waals surface area contributed by atoms with E-state index in [1.165, 1.54) is 19.3 Å². The standard InChI is InChI=1S/C22H27N5O2S/c1-29-19-11-9-17(10-12-19)15-23-20(28)16-26-22(30)27(25-13-5-6-14-25)21(24-26)18-7-3-2-4-8-18/h5-6,9-14,18H,2-4,7-8,15-16H2,1H3,(H,23,28). The van der Waals surface area contributed by atoms with E-state index in [1.807, 2.05) is 58.1 Å². The van der Waals surface area contributed by atoms with Crippen LogP contribution in [0, 0.1) is 4.77 Å². The number of aromatic nitrogens is 4. The van der Waals surface area contributed by atoms with Gasteiger partial charge in [-0.25, -0.2) is 9.36 Å². The van der Waals surface area contributed by atoms with E-state index in [1.54, 1.807) is 11.8 Å². The summed E-state index contributed by atoms with van der Waals surface area (Å²) in [7, 11) is 1.63. The second-order valence-electron chi connectivity index (χ2n) is 7.63. The lowest BCUT2D eigenvalue weighted by Gasteiger charge is -2.21. The summed E-state index contributed by atoms with van der Waals surface area (Å²) in [5, 5.41) is 7.74. The average molecular weight is 426 g/mol. The van der Waals surface area contributed by atoms with Crippen LogP contribution in [-0.2, 0) is 17.9 Å². The highest BCUT2D eigenvalue weighted by Crippen LogP contribution is 2.32. The molecule has 0 unspecified atom stereocenters. The average Bonchev–Trinajstić information content (AvgIpc) is 3.41. The highest BCUT2D eigenvalue weighted by molar-refractivity contribution is 7.71. The Hall–Kier alpha value is -2.87. The van der Waals surface area contributed by atoms with E-state index < -0.39 is 0 Å². The number of hydrogen-bond acceptors (Lipinski definition) is 4. The maximum Gasteiger partial charge on any atom is 0.242 e. The largest absolute Gasteiger partial charge is 0.497 e. The van der Waals surface area contributed by atoms with Crippen LogP contribution in [0.4, 0.5) is 0 Å². The number of nitrogens with zero attached hydrogens (tertiary/aromatic N) is 4. The van der Waals surface area contributed by atoms with Gasteiger partial charge in [-0.2, -0.15) is 5.10 Å². The molecule has 1 N–H and O–H groups in total. The molecule has 0 aliphatic heterocycles. The van der Waals surface area contributed by atoms with Gasteiger partial charge < -0.3 is 10.1 Å². The maximum atomic E-state index is 12.6. The second kappa shape index (κ2) is 9.30. The van der Waals surface area contributed by atoms with Crippen LogP contribution in [0.2, 0.25) is 0 Å². The first kappa shape index (κ1) is 20.4. The van der Waals surface area contributed by atoms with Crippen molar-refractivity contribution in [3.63, 3.8) is 0 Å². The summed E-state index contributed by atoms with van der Waals surface area (Å²) in [5.74, 6) is 1.99. The number of rotatable bonds is 7. The predicted octanol–water partition coefficient (Wildman–Crippen LogP) is 3.90. The van der Waals surface area contributed by atoms with Crippen molar-refractivity contribution in [1.29, 1.82) is 0 Å². The summed E-state index contributed by atoms with van der Waals surface area (Å²) in [6, 6.07) is 11.6. The molecule has 4 rings (SSSR count). The summed E-state index contributed by atoms with van der Waals surface area (Å²) < 4.78 is 11.3. The van der Waals surface area contributed by atoms with E-state index >= 15 is 0 Å². The zero-order chi connectivity index (χ0) is 20.9. The number of amides is 1. The van der Waals surface area contributed by atoms with Crippen LogP contribution in [0.5, 0.6) is 5.75 Å². The minimum atomic E-state index is -0.116. The number of methoxy groups -OCH3 is 1. The van der Waals surface area contributed by atoms with Crippen molar-refractivity contribution in [1.82, 2.24) is 24.4 Å². The number of ether oxygens (including phenoxy) is 1. The fraction of sp³-hybridized carbons (Fsp3) is 0.409. The first-order chi connectivity index (χ1) is 14.7. The van der Waals surface area contributed by atoms with Gasteiger partial charge in [0.05, 0.1) is 7.11 Å². The Morgan fingerprint density at radius 3 is 2.53 bits per heavy atom. The molecule has 1 saturated carbocycles. The molecule has 0 atom stereocenters. The van der Waals surface area contributed by atoms with Gasteiger partial charge in [0.25, 0.3) is 0 Å². The van der Waals surface area contributed by atoms with E-state index in [2.05, 4.69) is 5.32 Å². The van der Waals surface area contributed by atoms with Crippen LogP contribution in [0.25, 0.3) is 0 Å². The predicted molar refractivity (Wildman–Crippen MR) is 117 cm³/mol. The van der Waals surface area contributed by atoms with Crippen molar-refractivity contribution in [2.75, 3.05) is 7.11 Å². The fourth-order valence-electron chi connectivity index (χ4n) is 3.95. The third-order valence-electron chi connectivity index (χ3n) is 5.57. The molecule has 1 amide bonds. The molecule has 1 aromatic carbocycles. The van der Waals surface area contributed by atoms with Crippen LogP contribution in [-0.4, -0.2) is 32.1 Å². The molecule has 1 aliphatic rings. The molecule has 1 aliphatic carbocycles. The molecule has 1 fully saturated rings. The smallest absolute Gasteiger partial charge is 0.242 e. The van der Waals surface area contributed by atoms with E-state index in [9.17, 15) is 4.79 Å². The lowest BCUT2D eigenvalue weighted by Crippen LogP contribution is -2.27. The van der Waals surface area contributed by atoms with Gasteiger partial charge in [-0.15, -0.1) is 0 Å². The van der Waals surface area contributed by atoms with Gasteiger partial charge >= 0.3 is 0 Å². The summed E-state index contributed by atoms with van der Waals surface area (Å²) >= 11 is 5.70. The molecule has 0 bridgehead atoms. The minimum absolute atomic E-state index is 0.100. The Morgan fingerprint density at radius 2 is 1.87 bits per heavy atom. The molecule has 2 heterocycles. The Bertz CT molecular complexity index is 1030. The molecule has 0 saturated heterocycles. The van der Waals surface area contributed by atoms with Crippen molar-refractivity contribution in [3.05, 3.63) is 65.0 Å². The Morgan fingerprint density at radius 1 is 1.17 bits per heavy atom. The first-order valence-electron chi connectivity index (χ1n) is 10.4. The molecule has 0 spiro atoms. The van der Waals surface area contributed by atoms with Gasteiger partial charge in [-0.3, -0.25) is 9.47 Å². The van der Waals surface area contributed by atoms with Gasteiger partial charge in [-0.05, 0) is 54.9 Å². The SMILES string of the molecule is COc1ccc(CNC(=O)Cn2nc(C3CCCCC3)n(-n3cccc3)c2=S)cc1. The molecule has 0 radical (unpaired) electrons. The van der Waals surface area contributed by atoms with Gasteiger partial charge in [-0.1, -0.05) is 31.4 Å². The molecular formula is C22H27N5O2S. The minimum Gasteiger partial charge on any atom is -0.497 e. The Labute approximate surface area is 181 Å². The van der Waals surface area contributed by atoms with Crippen LogP contribution in [0.15, 0.2) is 48.8 Å². The summed E-state index contributed by atoms with van der Waals surface area (Å²) in [5.41, 5.74) is 1.01. The number of hydrogen-bond donors (Lipinski definition) is 1. The molecule has 3 aromatic rings. The molecule has 7 nitrogen and oxygen atoms in total. The van der Waals surface area contributed by atoms with Crippen LogP contribution < -0.4 is 10.1 Å². The zero-order valence-corrected chi connectivity index (χ0v) is 18.0. The third kappa shape index (κ3) is 4.48. The number of benzene rings is 1. The van der Waals surface area contributed by atoms with Crippen molar-refractivity contribution in [2.45, 2.75) is 51.1 Å². The van der Waals surface area contributed by atoms with Crippen LogP contribution in [0.3, 0.4) is 0 Å². The molecule has 158 valence electrons. The van der Waals surface area contributed by atoms with Crippen LogP contribution in [0.1, 0.15) is 49.4 Å². The van der Waals surface area contributed by atoms with Crippen molar-refractivity contribution in [3.8, 4) is 5.75 Å². The fourth-order valence-corrected chi connectivity index (χ4v) is 4.24. The summed E-state index contributed by atoms with van der Waals surface area (Å²) in [6.07, 6.45) is 9.81. The first-order valence-corrected chi connectivity index (χ1v) is 10.8. The van der Waals surface area contributed by atoms with E-state index in [-0.39, 0.29) is 12.5 Å². The van der Waals surface area contributed by atoms with Crippen molar-refractivity contribution >= 4 is 18.1 Å². The molecule has 30 heavy (non-hydrogen) atoms. The van der Waals surface area contributed by atoms with Crippen molar-refractivity contribution < 1.29 is 9.53 Å². The Balaban J connectivity index is 1.50. The number of carbonyl (C=O) groups is 1. The lowest BCUT2D eigenvalue weighted by molar-refractivity contribution is -0.122. The molecule has 2 aromatic heterocycles. The van der Waals surface area contributed by atoms with Crippen LogP contribution >= 0.6 is 12.2 Å². The monoisotopic (exact) mass is 425 g/mol. The molecular weight excluding hydrogens is 398 g/mol. The summed E-state index contributed by atoms with van der Waals surface area (Å²) in [4.78, 5) is 12.6. The third-order valence-corrected chi connectivity index (χ3v) is 5.96. The normalized spacial score (nSPS) is 14.6. The summed E-state index contributed by atoms with van der Waals surface area (Å²) in [6.45, 7) is 0.549. The van der Waals surface area contributed by atoms with E-state index in [0.29, 0.717) is 17.2 Å². The van der Waals surface area contributed by atoms with E-state index in [4.69, 9.17) is 22.1 Å². The van der Waals surface area contributed by atoms with Gasteiger partial charge in [0, 0.05) is 24.9 Å². The highest BCUT2D eigenvalue weighted by atomic mass is 32.1. The molecule has 8 heteroatoms. The lowest BCUT2D eigenvalue weighted by atomic mass is 9.89. The Kier molecular flexibility index (Phi) is 6.32. The zero-order valence-electron chi connectivity index (χ0n) is 17.2. The van der Waals surface area contributed by atoms with E-state index in [0.717, 1.165) is 30.0 Å². The van der Waals surface area contributed by atoms with Crippen molar-refractivity contribution in [2.24, 2.45) is 0 Å². The van der Waals surface area contributed by atoms with Gasteiger partial charge in [0.1, 0.15) is 12.3 Å². The maximum absolute atomic E-state index is 12.6. The van der Waals surface area contributed by atoms with Gasteiger partial charge in [0.2, 0.25) is 10.7 Å². The number of carbonyl (C=O) groups excluding carboxylic acids is 1. The highest BCUT2D eigenvalue weighted by Gasteiger charge is 2.24. The quantitative estimate of drug-likeness (QED) is 0.583. The topological polar surface area (TPSA) is 66.0 Å². The van der Waals surface area contributed by atoms with Gasteiger partial charge in [0.15, 0.2) is 5.82 Å². The second-order valence-corrected chi connectivity index (χ2v) is 8.00. The number of nitrogens with one attached hydrogen (secondary N) is 1.